The number of furan rings is 1. The number of aryl methyl sites for hydroxylation is 1. The highest BCUT2D eigenvalue weighted by atomic mass is 32.2. The zero-order chi connectivity index (χ0) is 13.9. The Hall–Kier alpha value is -1.79. The maximum absolute atomic E-state index is 11.5. The van der Waals surface area contributed by atoms with Crippen LogP contribution < -0.4 is 4.73 Å². The fraction of sp³-hybridized carbons (Fsp3) is 0.143. The van der Waals surface area contributed by atoms with Crippen LogP contribution in [0.15, 0.2) is 51.4 Å². The molecule has 0 bridgehead atoms. The molecule has 0 radical (unpaired) electrons. The molecule has 3 rings (SSSR count). The van der Waals surface area contributed by atoms with Crippen LogP contribution >= 0.6 is 23.1 Å². The summed E-state index contributed by atoms with van der Waals surface area (Å²) >= 11 is 3.03. The second-order valence-electron chi connectivity index (χ2n) is 4.21. The molecular weight excluding hydrogens is 292 g/mol. The van der Waals surface area contributed by atoms with Crippen LogP contribution in [0.3, 0.4) is 0 Å². The third-order valence-corrected chi connectivity index (χ3v) is 4.62. The van der Waals surface area contributed by atoms with Crippen LogP contribution in [0.25, 0.3) is 10.8 Å². The molecule has 3 aromatic heterocycles. The van der Waals surface area contributed by atoms with Crippen molar-refractivity contribution in [1.29, 1.82) is 0 Å². The summed E-state index contributed by atoms with van der Waals surface area (Å²) in [5, 5.41) is 15.1. The van der Waals surface area contributed by atoms with Crippen molar-refractivity contribution >= 4 is 23.1 Å². The van der Waals surface area contributed by atoms with Crippen LogP contribution in [0.5, 0.6) is 0 Å². The van der Waals surface area contributed by atoms with Crippen LogP contribution in [0.4, 0.5) is 0 Å². The first-order valence-corrected chi connectivity index (χ1v) is 7.91. The second kappa shape index (κ2) is 5.68. The Morgan fingerprint density at radius 3 is 3.00 bits per heavy atom. The Morgan fingerprint density at radius 1 is 1.35 bits per heavy atom. The average Bonchev–Trinajstić information content (AvgIpc) is 3.06. The van der Waals surface area contributed by atoms with Crippen LogP contribution in [0.2, 0.25) is 0 Å². The van der Waals surface area contributed by atoms with Crippen LogP contribution in [0, 0.1) is 12.1 Å². The monoisotopic (exact) mass is 304 g/mol. The lowest BCUT2D eigenvalue weighted by Crippen LogP contribution is -2.27. The minimum Gasteiger partial charge on any atom is -0.618 e. The minimum absolute atomic E-state index is 0.669. The Bertz CT molecular complexity index is 721. The Kier molecular flexibility index (Phi) is 3.75. The van der Waals surface area contributed by atoms with E-state index in [4.69, 9.17) is 4.42 Å². The van der Waals surface area contributed by atoms with Gasteiger partial charge < -0.3 is 9.62 Å². The summed E-state index contributed by atoms with van der Waals surface area (Å²) in [4.78, 5) is 4.53. The van der Waals surface area contributed by atoms with Crippen molar-refractivity contribution in [2.24, 2.45) is 0 Å². The fourth-order valence-corrected chi connectivity index (χ4v) is 3.40. The molecule has 0 aromatic carbocycles. The van der Waals surface area contributed by atoms with E-state index in [1.165, 1.54) is 18.0 Å². The third kappa shape index (κ3) is 2.86. The normalized spacial score (nSPS) is 10.8. The van der Waals surface area contributed by atoms with E-state index < -0.39 is 0 Å². The van der Waals surface area contributed by atoms with Gasteiger partial charge in [-0.15, -0.1) is 11.3 Å². The van der Waals surface area contributed by atoms with Gasteiger partial charge in [0.15, 0.2) is 17.0 Å². The summed E-state index contributed by atoms with van der Waals surface area (Å²) in [6, 6.07) is 9.23. The third-order valence-electron chi connectivity index (χ3n) is 2.66. The van der Waals surface area contributed by atoms with Crippen LogP contribution in [-0.2, 0) is 5.75 Å². The van der Waals surface area contributed by atoms with E-state index in [-0.39, 0.29) is 0 Å². The van der Waals surface area contributed by atoms with Gasteiger partial charge in [0.2, 0.25) is 0 Å². The van der Waals surface area contributed by atoms with Crippen LogP contribution in [-0.4, -0.2) is 4.98 Å². The number of aromatic nitrogens is 2. The van der Waals surface area contributed by atoms with E-state index >= 15 is 0 Å². The standard InChI is InChI=1S/C14H12N2O2S2/c1-10-5-6-12(18-10)14-15-11(9-20-14)8-19-13-4-2-3-7-16(13)17/h2-7,9H,8H2,1H3. The first-order valence-electron chi connectivity index (χ1n) is 6.04. The largest absolute Gasteiger partial charge is 0.618 e. The van der Waals surface area contributed by atoms with E-state index in [0.29, 0.717) is 10.8 Å². The summed E-state index contributed by atoms with van der Waals surface area (Å²) in [6.45, 7) is 1.91. The van der Waals surface area contributed by atoms with Gasteiger partial charge >= 0.3 is 0 Å². The molecule has 20 heavy (non-hydrogen) atoms. The average molecular weight is 304 g/mol. The van der Waals surface area contributed by atoms with E-state index in [2.05, 4.69) is 4.98 Å². The molecule has 0 atom stereocenters. The molecular formula is C14H12N2O2S2. The van der Waals surface area contributed by atoms with Gasteiger partial charge in [-0.2, -0.15) is 4.73 Å². The highest BCUT2D eigenvalue weighted by Crippen LogP contribution is 2.28. The maximum atomic E-state index is 11.5. The number of thioether (sulfide) groups is 1. The number of pyridine rings is 1. The molecule has 0 amide bonds. The predicted octanol–water partition coefficient (Wildman–Crippen LogP) is 3.64. The van der Waals surface area contributed by atoms with Crippen molar-refractivity contribution in [3.05, 3.63) is 58.6 Å². The first kappa shape index (κ1) is 13.2. The molecule has 0 N–H and O–H groups in total. The number of nitrogens with zero attached hydrogens (tertiary/aromatic N) is 2. The van der Waals surface area contributed by atoms with Crippen molar-refractivity contribution in [3.8, 4) is 10.8 Å². The van der Waals surface area contributed by atoms with Gasteiger partial charge in [-0.05, 0) is 36.9 Å². The van der Waals surface area contributed by atoms with Gasteiger partial charge in [0.05, 0.1) is 5.69 Å². The zero-order valence-electron chi connectivity index (χ0n) is 10.8. The molecule has 4 nitrogen and oxygen atoms in total. The number of hydrogen-bond donors (Lipinski definition) is 0. The molecule has 0 aliphatic heterocycles. The molecule has 0 spiro atoms. The van der Waals surface area contributed by atoms with E-state index in [1.54, 1.807) is 23.5 Å². The van der Waals surface area contributed by atoms with Crippen molar-refractivity contribution in [2.75, 3.05) is 0 Å². The summed E-state index contributed by atoms with van der Waals surface area (Å²) in [5.74, 6) is 2.34. The molecule has 3 aromatic rings. The molecule has 102 valence electrons. The van der Waals surface area contributed by atoms with E-state index in [9.17, 15) is 5.21 Å². The van der Waals surface area contributed by atoms with Gasteiger partial charge in [-0.3, -0.25) is 0 Å². The van der Waals surface area contributed by atoms with Gasteiger partial charge in [0.1, 0.15) is 5.76 Å². The smallest absolute Gasteiger partial charge is 0.251 e. The van der Waals surface area contributed by atoms with Crippen molar-refractivity contribution < 1.29 is 9.15 Å². The second-order valence-corrected chi connectivity index (χ2v) is 6.06. The lowest BCUT2D eigenvalue weighted by molar-refractivity contribution is -0.645. The topological polar surface area (TPSA) is 53.0 Å². The molecule has 6 heteroatoms. The van der Waals surface area contributed by atoms with E-state index in [1.807, 2.05) is 30.5 Å². The summed E-state index contributed by atoms with van der Waals surface area (Å²) in [6.07, 6.45) is 1.50. The Morgan fingerprint density at radius 2 is 2.25 bits per heavy atom. The molecule has 0 unspecified atom stereocenters. The summed E-state index contributed by atoms with van der Waals surface area (Å²) < 4.78 is 6.42. The van der Waals surface area contributed by atoms with Gasteiger partial charge in [-0.25, -0.2) is 4.98 Å². The molecule has 3 heterocycles. The minimum atomic E-state index is 0.669. The lowest BCUT2D eigenvalue weighted by Gasteiger charge is -2.01. The SMILES string of the molecule is Cc1ccc(-c2nc(CSc3cccc[n+]3[O-])cs2)o1. The summed E-state index contributed by atoms with van der Waals surface area (Å²) in [5.41, 5.74) is 0.952. The van der Waals surface area contributed by atoms with E-state index in [0.717, 1.165) is 27.0 Å². The predicted molar refractivity (Wildman–Crippen MR) is 79.5 cm³/mol. The number of thiazole rings is 1. The number of hydrogen-bond acceptors (Lipinski definition) is 5. The first-order chi connectivity index (χ1) is 9.72. The molecule has 0 fully saturated rings. The number of rotatable bonds is 4. The molecule has 0 saturated carbocycles. The molecule has 0 saturated heterocycles. The quantitative estimate of drug-likeness (QED) is 0.419. The van der Waals surface area contributed by atoms with Crippen LogP contribution in [0.1, 0.15) is 11.5 Å². The Labute approximate surface area is 124 Å². The van der Waals surface area contributed by atoms with Crippen molar-refractivity contribution in [3.63, 3.8) is 0 Å². The molecule has 0 aliphatic carbocycles. The maximum Gasteiger partial charge on any atom is 0.251 e. The Balaban J connectivity index is 1.70. The molecule has 0 aliphatic rings. The van der Waals surface area contributed by atoms with Crippen molar-refractivity contribution in [2.45, 2.75) is 17.7 Å². The highest BCUT2D eigenvalue weighted by molar-refractivity contribution is 7.98. The zero-order valence-corrected chi connectivity index (χ0v) is 12.4. The van der Waals surface area contributed by atoms with Gasteiger partial charge in [0.25, 0.3) is 5.03 Å². The summed E-state index contributed by atoms with van der Waals surface area (Å²) in [7, 11) is 0. The van der Waals surface area contributed by atoms with Crippen molar-refractivity contribution in [1.82, 2.24) is 4.98 Å². The lowest BCUT2D eigenvalue weighted by atomic mass is 10.4. The fourth-order valence-electron chi connectivity index (χ4n) is 1.71. The highest BCUT2D eigenvalue weighted by Gasteiger charge is 2.10. The van der Waals surface area contributed by atoms with Gasteiger partial charge in [-0.1, -0.05) is 0 Å². The van der Waals surface area contributed by atoms with Gasteiger partial charge in [0, 0.05) is 23.3 Å².